The van der Waals surface area contributed by atoms with E-state index in [-0.39, 0.29) is 24.0 Å². The van der Waals surface area contributed by atoms with Gasteiger partial charge in [0.1, 0.15) is 6.54 Å². The van der Waals surface area contributed by atoms with E-state index in [1.54, 1.807) is 22.9 Å². The standard InChI is InChI=1S/C25H18N2O3/c28-24(26-21-11-5-8-17-7-1-2-9-18(17)21)16-27-15-20(19-10-3-4-12-22(19)27)25(29)23-13-6-14-30-23/h1-15H,16H2,(H,26,28). The first-order chi connectivity index (χ1) is 14.7. The number of amides is 1. The number of rotatable bonds is 5. The number of ketones is 1. The van der Waals surface area contributed by atoms with Crippen molar-refractivity contribution in [2.75, 3.05) is 5.32 Å². The predicted octanol–water partition coefficient (Wildman–Crippen LogP) is 5.26. The van der Waals surface area contributed by atoms with Gasteiger partial charge < -0.3 is 14.3 Å². The lowest BCUT2D eigenvalue weighted by atomic mass is 10.1. The van der Waals surface area contributed by atoms with Crippen LogP contribution in [0.1, 0.15) is 16.1 Å². The SMILES string of the molecule is O=C(Cn1cc(C(=O)c2ccco2)c2ccccc21)Nc1cccc2ccccc12. The van der Waals surface area contributed by atoms with Crippen LogP contribution < -0.4 is 5.32 Å². The van der Waals surface area contributed by atoms with Crippen molar-refractivity contribution in [3.05, 3.63) is 103 Å². The van der Waals surface area contributed by atoms with Crippen LogP contribution in [0.5, 0.6) is 0 Å². The van der Waals surface area contributed by atoms with Gasteiger partial charge in [-0.1, -0.05) is 54.6 Å². The zero-order valence-electron chi connectivity index (χ0n) is 16.0. The Bertz CT molecular complexity index is 1380. The highest BCUT2D eigenvalue weighted by atomic mass is 16.3. The molecule has 0 aliphatic heterocycles. The van der Waals surface area contributed by atoms with Crippen molar-refractivity contribution >= 4 is 39.1 Å². The molecule has 0 saturated carbocycles. The predicted molar refractivity (Wildman–Crippen MR) is 117 cm³/mol. The minimum atomic E-state index is -0.204. The number of para-hydroxylation sites is 1. The van der Waals surface area contributed by atoms with Crippen molar-refractivity contribution in [2.45, 2.75) is 6.54 Å². The number of furan rings is 1. The Morgan fingerprint density at radius 1 is 0.833 bits per heavy atom. The summed E-state index contributed by atoms with van der Waals surface area (Å²) in [5, 5.41) is 5.84. The number of anilines is 1. The molecule has 2 aromatic heterocycles. The van der Waals surface area contributed by atoms with Crippen molar-refractivity contribution < 1.29 is 14.0 Å². The van der Waals surface area contributed by atoms with Gasteiger partial charge in [0.2, 0.25) is 11.7 Å². The summed E-state index contributed by atoms with van der Waals surface area (Å²) < 4.78 is 7.07. The molecule has 0 aliphatic carbocycles. The number of nitrogens with one attached hydrogen (secondary N) is 1. The molecule has 5 heteroatoms. The maximum Gasteiger partial charge on any atom is 0.244 e. The van der Waals surface area contributed by atoms with Gasteiger partial charge in [0.25, 0.3) is 0 Å². The molecule has 1 N–H and O–H groups in total. The first-order valence-electron chi connectivity index (χ1n) is 9.64. The molecule has 1 amide bonds. The second-order valence-electron chi connectivity index (χ2n) is 7.07. The molecule has 0 atom stereocenters. The Hall–Kier alpha value is -4.12. The van der Waals surface area contributed by atoms with E-state index in [0.29, 0.717) is 5.56 Å². The molecule has 146 valence electrons. The molecule has 0 fully saturated rings. The Kier molecular flexibility index (Phi) is 4.41. The summed E-state index contributed by atoms with van der Waals surface area (Å²) in [4.78, 5) is 25.7. The van der Waals surface area contributed by atoms with Crippen LogP contribution in [0.4, 0.5) is 5.69 Å². The van der Waals surface area contributed by atoms with Gasteiger partial charge in [-0.25, -0.2) is 0 Å². The first kappa shape index (κ1) is 17.9. The fraction of sp³-hybridized carbons (Fsp3) is 0.0400. The van der Waals surface area contributed by atoms with E-state index in [9.17, 15) is 9.59 Å². The Balaban J connectivity index is 1.47. The largest absolute Gasteiger partial charge is 0.461 e. The lowest BCUT2D eigenvalue weighted by molar-refractivity contribution is -0.116. The Morgan fingerprint density at radius 2 is 1.60 bits per heavy atom. The summed E-state index contributed by atoms with van der Waals surface area (Å²) in [6, 6.07) is 24.6. The van der Waals surface area contributed by atoms with Gasteiger partial charge in [-0.3, -0.25) is 9.59 Å². The van der Waals surface area contributed by atoms with Crippen LogP contribution >= 0.6 is 0 Å². The smallest absolute Gasteiger partial charge is 0.244 e. The zero-order valence-corrected chi connectivity index (χ0v) is 16.0. The maximum absolute atomic E-state index is 12.9. The lowest BCUT2D eigenvalue weighted by Crippen LogP contribution is -2.18. The van der Waals surface area contributed by atoms with Crippen LogP contribution in [0.25, 0.3) is 21.7 Å². The molecule has 0 bridgehead atoms. The van der Waals surface area contributed by atoms with Gasteiger partial charge in [-0.15, -0.1) is 0 Å². The third-order valence-corrected chi connectivity index (χ3v) is 5.16. The maximum atomic E-state index is 12.9. The van der Waals surface area contributed by atoms with E-state index in [0.717, 1.165) is 27.4 Å². The average Bonchev–Trinajstić information content (AvgIpc) is 3.43. The van der Waals surface area contributed by atoms with Gasteiger partial charge in [-0.2, -0.15) is 0 Å². The molecule has 3 aromatic carbocycles. The fourth-order valence-corrected chi connectivity index (χ4v) is 3.78. The number of aromatic nitrogens is 1. The number of hydrogen-bond donors (Lipinski definition) is 1. The van der Waals surface area contributed by atoms with Gasteiger partial charge >= 0.3 is 0 Å². The second-order valence-corrected chi connectivity index (χ2v) is 7.07. The monoisotopic (exact) mass is 394 g/mol. The topological polar surface area (TPSA) is 64.2 Å². The van der Waals surface area contributed by atoms with Crippen molar-refractivity contribution in [3.63, 3.8) is 0 Å². The quantitative estimate of drug-likeness (QED) is 0.414. The third kappa shape index (κ3) is 3.16. The third-order valence-electron chi connectivity index (χ3n) is 5.16. The Morgan fingerprint density at radius 3 is 2.43 bits per heavy atom. The minimum absolute atomic E-state index is 0.0924. The van der Waals surface area contributed by atoms with E-state index in [1.807, 2.05) is 66.7 Å². The summed E-state index contributed by atoms with van der Waals surface area (Å²) in [6.45, 7) is 0.0924. The van der Waals surface area contributed by atoms with Gasteiger partial charge in [0.05, 0.1) is 11.8 Å². The normalized spacial score (nSPS) is 11.1. The molecule has 5 nitrogen and oxygen atoms in total. The van der Waals surface area contributed by atoms with E-state index in [4.69, 9.17) is 4.42 Å². The summed E-state index contributed by atoms with van der Waals surface area (Å²) in [6.07, 6.45) is 3.20. The highest BCUT2D eigenvalue weighted by molar-refractivity contribution is 6.15. The molecule has 2 heterocycles. The van der Waals surface area contributed by atoms with Crippen LogP contribution in [0, 0.1) is 0 Å². The molecule has 5 aromatic rings. The van der Waals surface area contributed by atoms with E-state index >= 15 is 0 Å². The van der Waals surface area contributed by atoms with Crippen LogP contribution in [-0.2, 0) is 11.3 Å². The summed E-state index contributed by atoms with van der Waals surface area (Å²) >= 11 is 0. The van der Waals surface area contributed by atoms with Crippen LogP contribution in [0.15, 0.2) is 95.7 Å². The number of carbonyl (C=O) groups is 2. The molecule has 0 unspecified atom stereocenters. The van der Waals surface area contributed by atoms with E-state index in [1.165, 1.54) is 6.26 Å². The van der Waals surface area contributed by atoms with Crippen LogP contribution in [-0.4, -0.2) is 16.3 Å². The number of hydrogen-bond acceptors (Lipinski definition) is 3. The highest BCUT2D eigenvalue weighted by Gasteiger charge is 2.19. The molecular formula is C25H18N2O3. The summed E-state index contributed by atoms with van der Waals surface area (Å²) in [5.41, 5.74) is 2.10. The van der Waals surface area contributed by atoms with Gasteiger partial charge in [0.15, 0.2) is 5.76 Å². The highest BCUT2D eigenvalue weighted by Crippen LogP contribution is 2.25. The van der Waals surface area contributed by atoms with Crippen molar-refractivity contribution in [1.29, 1.82) is 0 Å². The molecule has 0 aliphatic rings. The molecule has 30 heavy (non-hydrogen) atoms. The molecule has 0 spiro atoms. The Labute approximate surface area is 172 Å². The van der Waals surface area contributed by atoms with Crippen LogP contribution in [0.3, 0.4) is 0 Å². The minimum Gasteiger partial charge on any atom is -0.461 e. The number of benzene rings is 3. The zero-order chi connectivity index (χ0) is 20.5. The van der Waals surface area contributed by atoms with E-state index in [2.05, 4.69) is 5.32 Å². The fourth-order valence-electron chi connectivity index (χ4n) is 3.78. The van der Waals surface area contributed by atoms with Crippen LogP contribution in [0.2, 0.25) is 0 Å². The number of nitrogens with zero attached hydrogens (tertiary/aromatic N) is 1. The van der Waals surface area contributed by atoms with Gasteiger partial charge in [-0.05, 0) is 29.7 Å². The average molecular weight is 394 g/mol. The first-order valence-corrected chi connectivity index (χ1v) is 9.64. The van der Waals surface area contributed by atoms with E-state index < -0.39 is 0 Å². The van der Waals surface area contributed by atoms with Crippen molar-refractivity contribution in [1.82, 2.24) is 4.57 Å². The molecule has 0 radical (unpaired) electrons. The molecule has 5 rings (SSSR count). The summed E-state index contributed by atoms with van der Waals surface area (Å²) in [7, 11) is 0. The summed E-state index contributed by atoms with van der Waals surface area (Å²) in [5.74, 6) is -0.0911. The number of fused-ring (bicyclic) bond motifs is 2. The van der Waals surface area contributed by atoms with Crippen molar-refractivity contribution in [3.8, 4) is 0 Å². The molecule has 0 saturated heterocycles. The number of carbonyl (C=O) groups excluding carboxylic acids is 2. The molecular weight excluding hydrogens is 376 g/mol. The van der Waals surface area contributed by atoms with Crippen molar-refractivity contribution in [2.24, 2.45) is 0 Å². The van der Waals surface area contributed by atoms with Gasteiger partial charge in [0, 0.05) is 28.2 Å². The lowest BCUT2D eigenvalue weighted by Gasteiger charge is -2.10. The second kappa shape index (κ2) is 7.37.